The molecule has 0 fully saturated rings. The van der Waals surface area contributed by atoms with Gasteiger partial charge in [-0.1, -0.05) is 35.5 Å². The third-order valence-corrected chi connectivity index (χ3v) is 4.30. The number of hydrogen-bond acceptors (Lipinski definition) is 4. The summed E-state index contributed by atoms with van der Waals surface area (Å²) in [6, 6.07) is 11.6. The molecule has 0 bridgehead atoms. The maximum atomic E-state index is 6.00. The molecule has 0 spiro atoms. The van der Waals surface area contributed by atoms with Crippen LogP contribution in [0.2, 0.25) is 5.02 Å². The van der Waals surface area contributed by atoms with E-state index in [1.165, 1.54) is 0 Å². The van der Waals surface area contributed by atoms with Crippen molar-refractivity contribution in [3.8, 4) is 11.6 Å². The molecule has 0 saturated heterocycles. The van der Waals surface area contributed by atoms with Gasteiger partial charge in [0, 0.05) is 17.3 Å². The quantitative estimate of drug-likeness (QED) is 0.649. The molecule has 3 rings (SSSR count). The van der Waals surface area contributed by atoms with E-state index in [0.29, 0.717) is 0 Å². The van der Waals surface area contributed by atoms with Crippen LogP contribution in [0.4, 0.5) is 0 Å². The number of rotatable bonds is 5. The van der Waals surface area contributed by atoms with Gasteiger partial charge in [0.05, 0.1) is 6.26 Å². The lowest BCUT2D eigenvalue weighted by Crippen LogP contribution is -1.99. The first-order chi connectivity index (χ1) is 10.3. The Labute approximate surface area is 132 Å². The fourth-order valence-electron chi connectivity index (χ4n) is 2.04. The molecule has 108 valence electrons. The minimum absolute atomic E-state index is 0.735. The summed E-state index contributed by atoms with van der Waals surface area (Å²) >= 11 is 7.64. The van der Waals surface area contributed by atoms with Gasteiger partial charge in [-0.2, -0.15) is 0 Å². The Morgan fingerprint density at radius 2 is 2.14 bits per heavy atom. The molecule has 2 heterocycles. The molecule has 0 N–H and O–H groups in total. The zero-order chi connectivity index (χ0) is 14.7. The number of furan rings is 1. The summed E-state index contributed by atoms with van der Waals surface area (Å²) in [5, 5.41) is 10.1. The molecule has 1 aromatic carbocycles. The van der Waals surface area contributed by atoms with Crippen LogP contribution in [0.5, 0.6) is 0 Å². The van der Waals surface area contributed by atoms with Gasteiger partial charge in [-0.25, -0.2) is 0 Å². The van der Waals surface area contributed by atoms with E-state index in [0.717, 1.165) is 39.6 Å². The molecule has 0 radical (unpaired) electrons. The number of hydrogen-bond donors (Lipinski definition) is 0. The van der Waals surface area contributed by atoms with Gasteiger partial charge in [-0.3, -0.25) is 4.57 Å². The second kappa shape index (κ2) is 6.37. The monoisotopic (exact) mass is 319 g/mol. The van der Waals surface area contributed by atoms with E-state index in [1.807, 2.05) is 34.9 Å². The molecular weight excluding hydrogens is 306 g/mol. The highest BCUT2D eigenvalue weighted by Gasteiger charge is 2.14. The summed E-state index contributed by atoms with van der Waals surface area (Å²) in [5.74, 6) is 2.30. The first-order valence-electron chi connectivity index (χ1n) is 6.62. The van der Waals surface area contributed by atoms with Crippen molar-refractivity contribution in [1.82, 2.24) is 14.8 Å². The van der Waals surface area contributed by atoms with E-state index in [9.17, 15) is 0 Å². The minimum atomic E-state index is 0.735. The zero-order valence-corrected chi connectivity index (χ0v) is 13.1. The van der Waals surface area contributed by atoms with Crippen LogP contribution in [0.15, 0.2) is 52.2 Å². The molecule has 4 nitrogen and oxygen atoms in total. The lowest BCUT2D eigenvalue weighted by Gasteiger charge is -2.06. The Morgan fingerprint density at radius 3 is 2.86 bits per heavy atom. The molecule has 0 aliphatic rings. The average Bonchev–Trinajstić information content (AvgIpc) is 3.13. The van der Waals surface area contributed by atoms with Crippen molar-refractivity contribution in [2.45, 2.75) is 24.4 Å². The van der Waals surface area contributed by atoms with Crippen LogP contribution < -0.4 is 0 Å². The van der Waals surface area contributed by atoms with Gasteiger partial charge in [0.15, 0.2) is 16.7 Å². The molecule has 2 aromatic heterocycles. The van der Waals surface area contributed by atoms with Crippen molar-refractivity contribution in [2.75, 3.05) is 0 Å². The van der Waals surface area contributed by atoms with Gasteiger partial charge in [0.25, 0.3) is 0 Å². The molecule has 0 atom stereocenters. The molecule has 0 aliphatic carbocycles. The molecule has 0 amide bonds. The van der Waals surface area contributed by atoms with Crippen LogP contribution in [0, 0.1) is 0 Å². The van der Waals surface area contributed by atoms with Crippen molar-refractivity contribution in [3.63, 3.8) is 0 Å². The number of thioether (sulfide) groups is 1. The van der Waals surface area contributed by atoms with Crippen LogP contribution in [-0.2, 0) is 12.3 Å². The molecule has 0 saturated carbocycles. The fraction of sp³-hybridized carbons (Fsp3) is 0.200. The predicted molar refractivity (Wildman–Crippen MR) is 84.4 cm³/mol. The van der Waals surface area contributed by atoms with E-state index in [-0.39, 0.29) is 0 Å². The normalized spacial score (nSPS) is 11.0. The number of halogens is 1. The molecule has 21 heavy (non-hydrogen) atoms. The van der Waals surface area contributed by atoms with Crippen molar-refractivity contribution < 1.29 is 4.42 Å². The average molecular weight is 320 g/mol. The Morgan fingerprint density at radius 1 is 1.24 bits per heavy atom. The second-order valence-corrected chi connectivity index (χ2v) is 5.83. The summed E-state index contributed by atoms with van der Waals surface area (Å²) in [4.78, 5) is 0. The number of nitrogens with zero attached hydrogens (tertiary/aromatic N) is 3. The molecular formula is C15H14ClN3OS. The van der Waals surface area contributed by atoms with Crippen LogP contribution in [0.25, 0.3) is 11.6 Å². The summed E-state index contributed by atoms with van der Waals surface area (Å²) in [6.07, 6.45) is 1.64. The Hall–Kier alpha value is -1.72. The van der Waals surface area contributed by atoms with Gasteiger partial charge < -0.3 is 4.42 Å². The Bertz CT molecular complexity index is 724. The summed E-state index contributed by atoms with van der Waals surface area (Å²) in [6.45, 7) is 2.86. The second-order valence-electron chi connectivity index (χ2n) is 4.45. The lowest BCUT2D eigenvalue weighted by atomic mass is 10.2. The van der Waals surface area contributed by atoms with E-state index < -0.39 is 0 Å². The van der Waals surface area contributed by atoms with Gasteiger partial charge in [0.1, 0.15) is 0 Å². The Balaban J connectivity index is 1.80. The fourth-order valence-corrected chi connectivity index (χ4v) is 3.20. The Kier molecular flexibility index (Phi) is 4.31. The summed E-state index contributed by atoms with van der Waals surface area (Å²) < 4.78 is 7.45. The smallest absolute Gasteiger partial charge is 0.200 e. The largest absolute Gasteiger partial charge is 0.461 e. The van der Waals surface area contributed by atoms with Crippen LogP contribution in [0.3, 0.4) is 0 Å². The highest BCUT2D eigenvalue weighted by molar-refractivity contribution is 7.98. The highest BCUT2D eigenvalue weighted by atomic mass is 35.5. The third-order valence-electron chi connectivity index (χ3n) is 3.03. The van der Waals surface area contributed by atoms with Gasteiger partial charge in [0.2, 0.25) is 0 Å². The van der Waals surface area contributed by atoms with Crippen molar-refractivity contribution in [2.24, 2.45) is 0 Å². The van der Waals surface area contributed by atoms with E-state index >= 15 is 0 Å². The van der Waals surface area contributed by atoms with E-state index in [4.69, 9.17) is 16.0 Å². The van der Waals surface area contributed by atoms with Crippen LogP contribution in [-0.4, -0.2) is 14.8 Å². The van der Waals surface area contributed by atoms with Crippen molar-refractivity contribution in [1.29, 1.82) is 0 Å². The van der Waals surface area contributed by atoms with Gasteiger partial charge in [-0.15, -0.1) is 10.2 Å². The lowest BCUT2D eigenvalue weighted by molar-refractivity contribution is 0.567. The van der Waals surface area contributed by atoms with E-state index in [1.54, 1.807) is 18.0 Å². The van der Waals surface area contributed by atoms with Crippen LogP contribution >= 0.6 is 23.4 Å². The third kappa shape index (κ3) is 3.14. The van der Waals surface area contributed by atoms with Crippen molar-refractivity contribution >= 4 is 23.4 Å². The van der Waals surface area contributed by atoms with Gasteiger partial charge in [-0.05, 0) is 36.8 Å². The SMILES string of the molecule is CCn1c(SCc2cccc(Cl)c2)nnc1-c1ccco1. The zero-order valence-electron chi connectivity index (χ0n) is 11.5. The number of aromatic nitrogens is 3. The van der Waals surface area contributed by atoms with E-state index in [2.05, 4.69) is 23.2 Å². The van der Waals surface area contributed by atoms with Crippen LogP contribution in [0.1, 0.15) is 12.5 Å². The summed E-state index contributed by atoms with van der Waals surface area (Å²) in [5.41, 5.74) is 1.16. The molecule has 0 unspecified atom stereocenters. The number of benzene rings is 1. The maximum Gasteiger partial charge on any atom is 0.200 e. The van der Waals surface area contributed by atoms with Gasteiger partial charge >= 0.3 is 0 Å². The summed E-state index contributed by atoms with van der Waals surface area (Å²) in [7, 11) is 0. The van der Waals surface area contributed by atoms with Crippen molar-refractivity contribution in [3.05, 3.63) is 53.2 Å². The first-order valence-corrected chi connectivity index (χ1v) is 7.98. The minimum Gasteiger partial charge on any atom is -0.461 e. The molecule has 3 aromatic rings. The first kappa shape index (κ1) is 14.2. The highest BCUT2D eigenvalue weighted by Crippen LogP contribution is 2.27. The standard InChI is InChI=1S/C15H14ClN3OS/c1-2-19-14(13-7-4-8-20-13)17-18-15(19)21-10-11-5-3-6-12(16)9-11/h3-9H,2,10H2,1H3. The maximum absolute atomic E-state index is 6.00. The topological polar surface area (TPSA) is 43.9 Å². The molecule has 0 aliphatic heterocycles. The predicted octanol–water partition coefficient (Wildman–Crippen LogP) is 4.50. The molecule has 6 heteroatoms.